The maximum Gasteiger partial charge on any atom is 0.315 e. The minimum Gasteiger partial charge on any atom is -0.497 e. The molecule has 4 aliphatic carbocycles. The van der Waals surface area contributed by atoms with Crippen molar-refractivity contribution in [3.8, 4) is 23.0 Å². The minimum atomic E-state index is -1.03. The van der Waals surface area contributed by atoms with Crippen molar-refractivity contribution in [3.05, 3.63) is 47.5 Å². The lowest BCUT2D eigenvalue weighted by atomic mass is 9.76. The van der Waals surface area contributed by atoms with Crippen molar-refractivity contribution in [1.29, 1.82) is 0 Å². The highest BCUT2D eigenvalue weighted by atomic mass is 28.1. The fourth-order valence-corrected chi connectivity index (χ4v) is 14.5. The Hall–Kier alpha value is -2.99. The largest absolute Gasteiger partial charge is 0.497 e. The highest BCUT2D eigenvalue weighted by Gasteiger charge is 2.54. The fraction of sp³-hybridized carbons (Fsp3) is 0.740. The molecule has 9 N–H and O–H groups in total. The van der Waals surface area contributed by atoms with Gasteiger partial charge in [-0.15, -0.1) is 0 Å². The van der Waals surface area contributed by atoms with Crippen molar-refractivity contribution < 1.29 is 28.8 Å². The summed E-state index contributed by atoms with van der Waals surface area (Å²) >= 11 is 0. The van der Waals surface area contributed by atoms with E-state index in [1.54, 1.807) is 36.4 Å². The molecule has 2 aromatic rings. The summed E-state index contributed by atoms with van der Waals surface area (Å²) in [7, 11) is 6.03. The lowest BCUT2D eigenvalue weighted by molar-refractivity contribution is -0.137. The molecule has 356 valence electrons. The SMILES string of the molecule is C1CCC2C3NC(NC4NC(NC5NC(NC6NC(N3)C3CCCCC63)C3CCCCC53)C3CCCCC43)C2C1.COc1ccc(OC)c(C(C(=O)O)c2cc(OC)ccc2OC)c1.[Si]. The molecule has 14 nitrogen and oxygen atoms in total. The number of hydrogen-bond acceptors (Lipinski definition) is 13. The number of carboxylic acids is 1. The molecule has 15 heteroatoms. The molecular weight excluding hydrogens is 837 g/mol. The smallest absolute Gasteiger partial charge is 0.315 e. The molecule has 8 atom stereocenters. The van der Waals surface area contributed by atoms with E-state index in [0.717, 1.165) is 47.3 Å². The van der Waals surface area contributed by atoms with Crippen LogP contribution in [0.5, 0.6) is 23.0 Å². The zero-order valence-electron chi connectivity index (χ0n) is 39.1. The van der Waals surface area contributed by atoms with Gasteiger partial charge in [0.2, 0.25) is 0 Å². The third-order valence-electron chi connectivity index (χ3n) is 17.5. The van der Waals surface area contributed by atoms with Gasteiger partial charge in [-0.3, -0.25) is 47.3 Å². The van der Waals surface area contributed by atoms with Gasteiger partial charge in [-0.1, -0.05) is 51.4 Å². The number of ether oxygens (including phenoxy) is 4. The van der Waals surface area contributed by atoms with Gasteiger partial charge >= 0.3 is 5.97 Å². The Morgan fingerprint density at radius 3 is 0.846 bits per heavy atom. The van der Waals surface area contributed by atoms with Crippen LogP contribution in [-0.4, -0.2) is 99.8 Å². The van der Waals surface area contributed by atoms with Crippen molar-refractivity contribution in [2.24, 2.45) is 47.3 Å². The molecule has 0 spiro atoms. The number of carbonyl (C=O) groups is 1. The van der Waals surface area contributed by atoms with Crippen LogP contribution in [0.3, 0.4) is 0 Å². The average molecular weight is 913 g/mol. The lowest BCUT2D eigenvalue weighted by Gasteiger charge is -2.35. The van der Waals surface area contributed by atoms with E-state index in [1.807, 2.05) is 0 Å². The number of fused-ring (bicyclic) bond motifs is 20. The molecule has 8 bridgehead atoms. The summed E-state index contributed by atoms with van der Waals surface area (Å²) in [6.07, 6.45) is 25.6. The number of methoxy groups -OCH3 is 4. The van der Waals surface area contributed by atoms with Gasteiger partial charge in [0, 0.05) is 22.1 Å². The summed E-state index contributed by atoms with van der Waals surface area (Å²) in [5.74, 6) is 5.92. The van der Waals surface area contributed by atoms with Crippen molar-refractivity contribution in [2.45, 2.75) is 158 Å². The van der Waals surface area contributed by atoms with Crippen LogP contribution < -0.4 is 61.5 Å². The number of rotatable bonds is 7. The maximum absolute atomic E-state index is 12.0. The van der Waals surface area contributed by atoms with Crippen LogP contribution in [0.4, 0.5) is 0 Å². The predicted molar refractivity (Wildman–Crippen MR) is 252 cm³/mol. The summed E-state index contributed by atoms with van der Waals surface area (Å²) < 4.78 is 21.1. The van der Waals surface area contributed by atoms with Gasteiger partial charge in [0.1, 0.15) is 28.9 Å². The highest BCUT2D eigenvalue weighted by Crippen LogP contribution is 2.46. The average Bonchev–Trinajstić information content (AvgIpc) is 4.07. The third kappa shape index (κ3) is 9.32. The number of carboxylic acid groups (broad SMARTS) is 1. The van der Waals surface area contributed by atoms with Crippen LogP contribution in [0.15, 0.2) is 36.4 Å². The summed E-state index contributed by atoms with van der Waals surface area (Å²) in [4.78, 5) is 12.0. The molecule has 8 unspecified atom stereocenters. The van der Waals surface area contributed by atoms with E-state index >= 15 is 0 Å². The first-order valence-electron chi connectivity index (χ1n) is 25.1. The zero-order valence-corrected chi connectivity index (χ0v) is 40.1. The monoisotopic (exact) mass is 913 g/mol. The first-order chi connectivity index (χ1) is 31.3. The molecule has 9 fully saturated rings. The molecule has 0 amide bonds. The third-order valence-corrected chi connectivity index (χ3v) is 17.5. The maximum atomic E-state index is 12.0. The van der Waals surface area contributed by atoms with Crippen molar-refractivity contribution in [3.63, 3.8) is 0 Å². The molecule has 4 radical (unpaired) electrons. The number of aliphatic carboxylic acids is 1. The molecule has 4 saturated carbocycles. The Balaban J connectivity index is 0.000000185. The normalized spacial score (nSPS) is 39.3. The lowest BCUT2D eigenvalue weighted by Crippen LogP contribution is -2.61. The van der Waals surface area contributed by atoms with E-state index in [4.69, 9.17) is 18.9 Å². The van der Waals surface area contributed by atoms with Crippen molar-refractivity contribution in [1.82, 2.24) is 42.5 Å². The van der Waals surface area contributed by atoms with E-state index in [2.05, 4.69) is 42.5 Å². The summed E-state index contributed by atoms with van der Waals surface area (Å²) in [5.41, 5.74) is 0.937. The van der Waals surface area contributed by atoms with Gasteiger partial charge in [0.25, 0.3) is 0 Å². The topological polar surface area (TPSA) is 170 Å². The van der Waals surface area contributed by atoms with Gasteiger partial charge < -0.3 is 24.1 Å². The van der Waals surface area contributed by atoms with E-state index in [0.29, 0.717) is 83.5 Å². The second kappa shape index (κ2) is 20.7. The Morgan fingerprint density at radius 2 is 0.662 bits per heavy atom. The Morgan fingerprint density at radius 1 is 0.431 bits per heavy atom. The Bertz CT molecular complexity index is 1670. The molecule has 5 saturated heterocycles. The summed E-state index contributed by atoms with van der Waals surface area (Å²) in [6, 6.07) is 10.1. The quantitative estimate of drug-likeness (QED) is 0.167. The van der Waals surface area contributed by atoms with E-state index in [9.17, 15) is 9.90 Å². The van der Waals surface area contributed by atoms with Gasteiger partial charge in [-0.2, -0.15) is 0 Å². The van der Waals surface area contributed by atoms with Gasteiger partial charge in [-0.05, 0) is 135 Å². The number of nitrogens with one attached hydrogen (secondary N) is 8. The van der Waals surface area contributed by atoms with Crippen molar-refractivity contribution in [2.75, 3.05) is 28.4 Å². The molecular formula is C50H76N8O6Si. The summed E-state index contributed by atoms with van der Waals surface area (Å²) in [5, 5.41) is 43.6. The van der Waals surface area contributed by atoms with Crippen LogP contribution in [-0.2, 0) is 4.79 Å². The van der Waals surface area contributed by atoms with Crippen LogP contribution in [0.25, 0.3) is 0 Å². The molecule has 11 rings (SSSR count). The molecule has 5 aliphatic heterocycles. The van der Waals surface area contributed by atoms with Crippen LogP contribution in [0, 0.1) is 47.3 Å². The predicted octanol–water partition coefficient (Wildman–Crippen LogP) is 5.16. The van der Waals surface area contributed by atoms with E-state index < -0.39 is 11.9 Å². The number of benzene rings is 2. The van der Waals surface area contributed by atoms with Crippen LogP contribution in [0.1, 0.15) is 120 Å². The fourth-order valence-electron chi connectivity index (χ4n) is 14.5. The zero-order chi connectivity index (χ0) is 43.9. The molecule has 5 heterocycles. The van der Waals surface area contributed by atoms with Gasteiger partial charge in [-0.25, -0.2) is 0 Å². The second-order valence-corrected chi connectivity index (χ2v) is 20.6. The van der Waals surface area contributed by atoms with Gasteiger partial charge in [0.05, 0.1) is 77.8 Å². The second-order valence-electron chi connectivity index (χ2n) is 20.6. The minimum absolute atomic E-state index is 0. The molecule has 9 aliphatic rings. The first-order valence-corrected chi connectivity index (χ1v) is 25.1. The van der Waals surface area contributed by atoms with Crippen LogP contribution >= 0.6 is 0 Å². The highest BCUT2D eigenvalue weighted by molar-refractivity contribution is 5.83. The Labute approximate surface area is 391 Å². The summed E-state index contributed by atoms with van der Waals surface area (Å²) in [6.45, 7) is 0. The standard InChI is InChI=1S/C32H56N8.C18H20O6.Si/c1-2-10-18-17(9-1)25-33-26(18)38-28-21-13-5-6-14-22(21)30(35-28)40-32-24-16-8-7-15-23(24)31(36-32)39-29-20-12-4-3-11-19(20)27(34-29)37-25;1-21-11-5-7-15(23-3)13(9-11)17(18(19)20)14-10-12(22-2)6-8-16(14)24-4;/h17-40H,1-16H2;5-10,17H,1-4H3,(H,19,20);. The molecule has 2 aromatic carbocycles. The van der Waals surface area contributed by atoms with Gasteiger partial charge in [0.15, 0.2) is 0 Å². The number of hydrogen-bond donors (Lipinski definition) is 9. The van der Waals surface area contributed by atoms with Crippen LogP contribution in [0.2, 0.25) is 0 Å². The molecule has 0 aromatic heterocycles. The van der Waals surface area contributed by atoms with Crippen molar-refractivity contribution >= 4 is 16.9 Å². The van der Waals surface area contributed by atoms with E-state index in [-0.39, 0.29) is 11.0 Å². The first kappa shape index (κ1) is 47.1. The van der Waals surface area contributed by atoms with E-state index in [1.165, 1.54) is 131 Å². The Kier molecular flexibility index (Phi) is 15.0. The molecule has 65 heavy (non-hydrogen) atoms.